The molecule has 13 aromatic rings. The van der Waals surface area contributed by atoms with Crippen molar-refractivity contribution in [3.63, 3.8) is 0 Å². The standard InChI is InChI=1S/C74H57N5/c1-50-15-23-58(24-16-50)70-49-71(76-74(75-70)60-25-17-51(2)18-26-60)59-33-31-56(32-34-59)54-27-29-55(30-28-54)57-35-41-65(42-36-57)79-72-45-43-66(77(61-11-7-5-8-12-61)63-37-19-52(3)20-38-63)47-68(72)69-48-67(44-46-73(69)79)78(62-13-9-6-10-14-62)64-39-21-53(4)22-40-64/h5-49H,1-4H3. The minimum absolute atomic E-state index is 0.716. The van der Waals surface area contributed by atoms with Gasteiger partial charge in [0.2, 0.25) is 0 Å². The van der Waals surface area contributed by atoms with E-state index >= 15 is 0 Å². The van der Waals surface area contributed by atoms with Crippen molar-refractivity contribution >= 4 is 55.9 Å². The van der Waals surface area contributed by atoms with E-state index in [1.54, 1.807) is 0 Å². The summed E-state index contributed by atoms with van der Waals surface area (Å²) < 4.78 is 2.42. The summed E-state index contributed by atoms with van der Waals surface area (Å²) in [7, 11) is 0. The molecule has 0 aliphatic rings. The maximum Gasteiger partial charge on any atom is 0.160 e. The van der Waals surface area contributed by atoms with Gasteiger partial charge in [0.15, 0.2) is 5.82 Å². The molecule has 5 nitrogen and oxygen atoms in total. The molecule has 378 valence electrons. The topological polar surface area (TPSA) is 37.2 Å². The fourth-order valence-electron chi connectivity index (χ4n) is 10.8. The molecular weight excluding hydrogens is 959 g/mol. The first-order chi connectivity index (χ1) is 38.8. The van der Waals surface area contributed by atoms with Gasteiger partial charge in [-0.05, 0) is 153 Å². The van der Waals surface area contributed by atoms with Crippen molar-refractivity contribution in [2.24, 2.45) is 0 Å². The maximum atomic E-state index is 5.10. The molecule has 0 radical (unpaired) electrons. The lowest BCUT2D eigenvalue weighted by atomic mass is 9.98. The predicted octanol–water partition coefficient (Wildman–Crippen LogP) is 20.1. The monoisotopic (exact) mass is 1020 g/mol. The van der Waals surface area contributed by atoms with Crippen LogP contribution in [0.25, 0.3) is 83.6 Å². The number of aromatic nitrogens is 3. The average Bonchev–Trinajstić information content (AvgIpc) is 4.05. The van der Waals surface area contributed by atoms with Gasteiger partial charge in [0.05, 0.1) is 22.4 Å². The van der Waals surface area contributed by atoms with Gasteiger partial charge in [-0.3, -0.25) is 0 Å². The van der Waals surface area contributed by atoms with E-state index in [-0.39, 0.29) is 0 Å². The molecule has 5 heteroatoms. The number of anilines is 6. The number of rotatable bonds is 12. The van der Waals surface area contributed by atoms with Gasteiger partial charge >= 0.3 is 0 Å². The third-order valence-electron chi connectivity index (χ3n) is 15.1. The van der Waals surface area contributed by atoms with Crippen molar-refractivity contribution in [2.75, 3.05) is 9.80 Å². The lowest BCUT2D eigenvalue weighted by Crippen LogP contribution is -2.10. The molecule has 13 rings (SSSR count). The van der Waals surface area contributed by atoms with Crippen LogP contribution in [0.1, 0.15) is 22.3 Å². The van der Waals surface area contributed by atoms with Crippen LogP contribution in [0, 0.1) is 27.7 Å². The molecule has 2 aromatic heterocycles. The molecule has 11 aromatic carbocycles. The molecular formula is C74H57N5. The molecule has 0 spiro atoms. The summed E-state index contributed by atoms with van der Waals surface area (Å²) in [6.07, 6.45) is 0. The Morgan fingerprint density at radius 1 is 0.266 bits per heavy atom. The highest BCUT2D eigenvalue weighted by atomic mass is 15.1. The lowest BCUT2D eigenvalue weighted by Gasteiger charge is -2.26. The molecule has 0 atom stereocenters. The number of nitrogens with zero attached hydrogens (tertiary/aromatic N) is 5. The number of benzene rings is 11. The van der Waals surface area contributed by atoms with Gasteiger partial charge in [-0.1, -0.05) is 192 Å². The number of para-hydroxylation sites is 2. The minimum Gasteiger partial charge on any atom is -0.310 e. The van der Waals surface area contributed by atoms with Gasteiger partial charge in [-0.2, -0.15) is 0 Å². The van der Waals surface area contributed by atoms with E-state index < -0.39 is 0 Å². The SMILES string of the molecule is Cc1ccc(-c2cc(-c3ccc(-c4ccc(-c5ccc(-n6c7ccc(N(c8ccccc8)c8ccc(C)cc8)cc7c7cc(N(c8ccccc8)c8ccc(C)cc8)ccc76)cc5)cc4)cc3)nc(-c3ccc(C)cc3)n2)cc1. The van der Waals surface area contributed by atoms with E-state index in [2.05, 4.69) is 315 Å². The van der Waals surface area contributed by atoms with Crippen LogP contribution in [0.15, 0.2) is 273 Å². The summed E-state index contributed by atoms with van der Waals surface area (Å²) in [6.45, 7) is 8.48. The summed E-state index contributed by atoms with van der Waals surface area (Å²) in [6, 6.07) is 98.5. The van der Waals surface area contributed by atoms with E-state index in [9.17, 15) is 0 Å². The molecule has 0 aliphatic carbocycles. The Labute approximate surface area is 462 Å². The Balaban J connectivity index is 0.845. The third-order valence-corrected chi connectivity index (χ3v) is 15.1. The second-order valence-corrected chi connectivity index (χ2v) is 20.6. The third kappa shape index (κ3) is 9.75. The molecule has 0 aliphatic heterocycles. The molecule has 0 saturated heterocycles. The first-order valence-electron chi connectivity index (χ1n) is 27.0. The molecule has 2 heterocycles. The Morgan fingerprint density at radius 2 is 0.570 bits per heavy atom. The van der Waals surface area contributed by atoms with Gasteiger partial charge in [0.1, 0.15) is 0 Å². The molecule has 0 fully saturated rings. The van der Waals surface area contributed by atoms with Crippen LogP contribution >= 0.6 is 0 Å². The molecule has 0 N–H and O–H groups in total. The van der Waals surface area contributed by atoms with Crippen LogP contribution < -0.4 is 9.80 Å². The van der Waals surface area contributed by atoms with Crippen molar-refractivity contribution in [3.05, 3.63) is 295 Å². The van der Waals surface area contributed by atoms with Crippen LogP contribution in [0.2, 0.25) is 0 Å². The molecule has 0 saturated carbocycles. The Kier molecular flexibility index (Phi) is 12.8. The highest BCUT2D eigenvalue weighted by Gasteiger charge is 2.21. The van der Waals surface area contributed by atoms with Crippen molar-refractivity contribution < 1.29 is 0 Å². The summed E-state index contributed by atoms with van der Waals surface area (Å²) in [5, 5.41) is 2.34. The predicted molar refractivity (Wildman–Crippen MR) is 332 cm³/mol. The van der Waals surface area contributed by atoms with Crippen molar-refractivity contribution in [1.82, 2.24) is 14.5 Å². The summed E-state index contributed by atoms with van der Waals surface area (Å²) in [5.41, 5.74) is 24.4. The van der Waals surface area contributed by atoms with E-state index in [1.807, 2.05) is 0 Å². The normalized spacial score (nSPS) is 11.3. The van der Waals surface area contributed by atoms with Crippen LogP contribution in [0.4, 0.5) is 34.1 Å². The summed E-state index contributed by atoms with van der Waals surface area (Å²) >= 11 is 0. The van der Waals surface area contributed by atoms with Crippen LogP contribution in [0.5, 0.6) is 0 Å². The van der Waals surface area contributed by atoms with E-state index in [1.165, 1.54) is 33.0 Å². The average molecular weight is 1020 g/mol. The molecule has 79 heavy (non-hydrogen) atoms. The number of hydrogen-bond donors (Lipinski definition) is 0. The summed E-state index contributed by atoms with van der Waals surface area (Å²) in [5.74, 6) is 0.716. The number of fused-ring (bicyclic) bond motifs is 3. The fourth-order valence-corrected chi connectivity index (χ4v) is 10.8. The Morgan fingerprint density at radius 3 is 0.962 bits per heavy atom. The van der Waals surface area contributed by atoms with Crippen LogP contribution in [0.3, 0.4) is 0 Å². The first-order valence-corrected chi connectivity index (χ1v) is 27.0. The second kappa shape index (κ2) is 20.8. The van der Waals surface area contributed by atoms with Crippen molar-refractivity contribution in [1.29, 1.82) is 0 Å². The summed E-state index contributed by atoms with van der Waals surface area (Å²) in [4.78, 5) is 14.8. The van der Waals surface area contributed by atoms with E-state index in [4.69, 9.17) is 9.97 Å². The first kappa shape index (κ1) is 48.5. The zero-order valence-corrected chi connectivity index (χ0v) is 44.7. The molecule has 0 amide bonds. The highest BCUT2D eigenvalue weighted by molar-refractivity contribution is 6.12. The fraction of sp³-hybridized carbons (Fsp3) is 0.0541. The second-order valence-electron chi connectivity index (χ2n) is 20.6. The lowest BCUT2D eigenvalue weighted by molar-refractivity contribution is 1.18. The van der Waals surface area contributed by atoms with Gasteiger partial charge in [0, 0.05) is 67.3 Å². The molecule has 0 bridgehead atoms. The number of hydrogen-bond acceptors (Lipinski definition) is 4. The van der Waals surface area contributed by atoms with Gasteiger partial charge in [-0.15, -0.1) is 0 Å². The quantitative estimate of drug-likeness (QED) is 0.122. The van der Waals surface area contributed by atoms with Crippen LogP contribution in [-0.2, 0) is 0 Å². The number of aryl methyl sites for hydroxylation is 4. The Hall–Kier alpha value is -10.1. The van der Waals surface area contributed by atoms with Crippen LogP contribution in [-0.4, -0.2) is 14.5 Å². The zero-order valence-electron chi connectivity index (χ0n) is 44.7. The zero-order chi connectivity index (χ0) is 53.4. The van der Waals surface area contributed by atoms with Crippen molar-refractivity contribution in [2.45, 2.75) is 27.7 Å². The smallest absolute Gasteiger partial charge is 0.160 e. The minimum atomic E-state index is 0.716. The van der Waals surface area contributed by atoms with E-state index in [0.717, 1.165) is 101 Å². The maximum absolute atomic E-state index is 5.10. The largest absolute Gasteiger partial charge is 0.310 e. The van der Waals surface area contributed by atoms with Gasteiger partial charge in [0.25, 0.3) is 0 Å². The molecule has 0 unspecified atom stereocenters. The van der Waals surface area contributed by atoms with Gasteiger partial charge in [-0.25, -0.2) is 9.97 Å². The van der Waals surface area contributed by atoms with Crippen molar-refractivity contribution in [3.8, 4) is 61.8 Å². The van der Waals surface area contributed by atoms with E-state index in [0.29, 0.717) is 5.82 Å². The Bertz CT molecular complexity index is 4050. The highest BCUT2D eigenvalue weighted by Crippen LogP contribution is 2.43. The van der Waals surface area contributed by atoms with Gasteiger partial charge < -0.3 is 14.4 Å².